The second-order valence-electron chi connectivity index (χ2n) is 4.32. The lowest BCUT2D eigenvalue weighted by molar-refractivity contribution is -0.150. The van der Waals surface area contributed by atoms with Crippen molar-refractivity contribution in [2.75, 3.05) is 0 Å². The van der Waals surface area contributed by atoms with E-state index in [1.165, 1.54) is 0 Å². The van der Waals surface area contributed by atoms with Gasteiger partial charge in [0.25, 0.3) is 0 Å². The zero-order chi connectivity index (χ0) is 15.1. The summed E-state index contributed by atoms with van der Waals surface area (Å²) in [7, 11) is 0. The van der Waals surface area contributed by atoms with Gasteiger partial charge in [0.15, 0.2) is 0 Å². The molecule has 0 fully saturated rings. The van der Waals surface area contributed by atoms with Crippen LogP contribution < -0.4 is 11.6 Å². The van der Waals surface area contributed by atoms with Crippen LogP contribution in [0.4, 0.5) is 0 Å². The molecule has 0 aliphatic rings. The third-order valence-electron chi connectivity index (χ3n) is 2.77. The van der Waals surface area contributed by atoms with Crippen LogP contribution in [0.25, 0.3) is 0 Å². The first-order valence-electron chi connectivity index (χ1n) is 6.03. The minimum atomic E-state index is -1.27. The summed E-state index contributed by atoms with van der Waals surface area (Å²) in [6.07, 6.45) is -0.261. The Labute approximate surface area is 116 Å². The van der Waals surface area contributed by atoms with E-state index in [0.29, 0.717) is 5.01 Å². The number of carbonyl (C=O) groups is 3. The monoisotopic (exact) mass is 279 g/mol. The maximum atomic E-state index is 11.9. The number of rotatable bonds is 7. The highest BCUT2D eigenvalue weighted by Crippen LogP contribution is 2.08. The van der Waals surface area contributed by atoms with E-state index in [4.69, 9.17) is 16.7 Å². The topological polar surface area (TPSA) is 127 Å². The number of aliphatic carboxylic acids is 1. The molecule has 0 saturated heterocycles. The van der Waals surface area contributed by atoms with Crippen LogP contribution in [0.5, 0.6) is 0 Å². The lowest BCUT2D eigenvalue weighted by Gasteiger charge is -2.23. The first-order valence-corrected chi connectivity index (χ1v) is 6.03. The van der Waals surface area contributed by atoms with Gasteiger partial charge in [0.1, 0.15) is 6.04 Å². The smallest absolute Gasteiger partial charge is 0.328 e. The number of primary amides is 1. The fourth-order valence-corrected chi connectivity index (χ4v) is 1.70. The molecule has 0 saturated carbocycles. The highest BCUT2D eigenvalue weighted by molar-refractivity contribution is 5.85. The van der Waals surface area contributed by atoms with Gasteiger partial charge in [0.2, 0.25) is 11.8 Å². The molecular weight excluding hydrogens is 262 g/mol. The summed E-state index contributed by atoms with van der Waals surface area (Å²) >= 11 is 0. The quantitative estimate of drug-likeness (QED) is 0.357. The van der Waals surface area contributed by atoms with Crippen molar-refractivity contribution in [3.05, 3.63) is 35.9 Å². The van der Waals surface area contributed by atoms with Gasteiger partial charge in [-0.05, 0) is 12.0 Å². The fraction of sp³-hybridized carbons (Fsp3) is 0.308. The number of amides is 2. The molecule has 0 heterocycles. The van der Waals surface area contributed by atoms with Gasteiger partial charge < -0.3 is 10.8 Å². The Morgan fingerprint density at radius 1 is 1.20 bits per heavy atom. The van der Waals surface area contributed by atoms with Crippen molar-refractivity contribution in [1.29, 1.82) is 0 Å². The second-order valence-corrected chi connectivity index (χ2v) is 4.32. The normalized spacial score (nSPS) is 11.7. The maximum Gasteiger partial charge on any atom is 0.328 e. The van der Waals surface area contributed by atoms with E-state index in [9.17, 15) is 14.4 Å². The van der Waals surface area contributed by atoms with Crippen LogP contribution in [0.3, 0.4) is 0 Å². The van der Waals surface area contributed by atoms with Crippen LogP contribution in [-0.2, 0) is 20.8 Å². The van der Waals surface area contributed by atoms with Crippen LogP contribution >= 0.6 is 0 Å². The molecule has 7 nitrogen and oxygen atoms in total. The van der Waals surface area contributed by atoms with E-state index in [2.05, 4.69) is 0 Å². The van der Waals surface area contributed by atoms with Crippen molar-refractivity contribution in [3.8, 4) is 0 Å². The molecule has 2 amide bonds. The molecule has 0 unspecified atom stereocenters. The Morgan fingerprint density at radius 3 is 2.30 bits per heavy atom. The van der Waals surface area contributed by atoms with Crippen molar-refractivity contribution in [2.45, 2.75) is 25.3 Å². The molecular formula is C13H17N3O4. The zero-order valence-electron chi connectivity index (χ0n) is 10.9. The third kappa shape index (κ3) is 4.69. The lowest BCUT2D eigenvalue weighted by Crippen LogP contribution is -2.50. The van der Waals surface area contributed by atoms with Crippen LogP contribution in [0.15, 0.2) is 30.3 Å². The minimum Gasteiger partial charge on any atom is -0.480 e. The summed E-state index contributed by atoms with van der Waals surface area (Å²) in [6.45, 7) is 0. The molecule has 0 aliphatic carbocycles. The molecule has 108 valence electrons. The van der Waals surface area contributed by atoms with Gasteiger partial charge in [-0.25, -0.2) is 10.6 Å². The zero-order valence-corrected chi connectivity index (χ0v) is 10.9. The summed E-state index contributed by atoms with van der Waals surface area (Å²) in [4.78, 5) is 33.7. The molecule has 0 radical (unpaired) electrons. The van der Waals surface area contributed by atoms with E-state index in [0.717, 1.165) is 5.56 Å². The van der Waals surface area contributed by atoms with E-state index in [1.54, 1.807) is 30.3 Å². The van der Waals surface area contributed by atoms with Crippen LogP contribution in [0.2, 0.25) is 0 Å². The molecule has 7 heteroatoms. The molecule has 5 N–H and O–H groups in total. The third-order valence-corrected chi connectivity index (χ3v) is 2.77. The molecule has 0 spiro atoms. The predicted octanol–water partition coefficient (Wildman–Crippen LogP) is -0.350. The Kier molecular flexibility index (Phi) is 5.67. The number of hydrogen-bond donors (Lipinski definition) is 3. The average molecular weight is 279 g/mol. The lowest BCUT2D eigenvalue weighted by atomic mass is 10.1. The average Bonchev–Trinajstić information content (AvgIpc) is 2.39. The summed E-state index contributed by atoms with van der Waals surface area (Å²) in [5.41, 5.74) is 5.69. The summed E-state index contributed by atoms with van der Waals surface area (Å²) < 4.78 is 0. The van der Waals surface area contributed by atoms with Crippen molar-refractivity contribution >= 4 is 17.8 Å². The Balaban J connectivity index is 2.68. The summed E-state index contributed by atoms with van der Waals surface area (Å²) in [5.74, 6) is 3.11. The molecule has 1 rings (SSSR count). The molecule has 0 aromatic heterocycles. The molecule has 0 aliphatic heterocycles. The number of hydrazine groups is 1. The number of carboxylic acids is 1. The second kappa shape index (κ2) is 7.25. The van der Waals surface area contributed by atoms with Gasteiger partial charge in [0.05, 0.1) is 6.42 Å². The predicted molar refractivity (Wildman–Crippen MR) is 71.0 cm³/mol. The summed E-state index contributed by atoms with van der Waals surface area (Å²) in [5, 5.41) is 9.70. The SMILES string of the molecule is NC(=O)CC[C@@H](C(=O)O)N(N)C(=O)Cc1ccccc1. The Bertz CT molecular complexity index is 490. The fourth-order valence-electron chi connectivity index (χ4n) is 1.70. The number of hydrogen-bond acceptors (Lipinski definition) is 4. The number of carboxylic acid groups (broad SMARTS) is 1. The molecule has 1 aromatic rings. The largest absolute Gasteiger partial charge is 0.480 e. The Hall–Kier alpha value is -2.41. The van der Waals surface area contributed by atoms with E-state index >= 15 is 0 Å². The van der Waals surface area contributed by atoms with E-state index in [1.807, 2.05) is 0 Å². The minimum absolute atomic E-state index is 0.00229. The molecule has 0 bridgehead atoms. The number of benzene rings is 1. The standard InChI is InChI=1S/C13H17N3O4/c14-11(17)7-6-10(13(19)20)16(15)12(18)8-9-4-2-1-3-5-9/h1-5,10H,6-8,15H2,(H2,14,17)(H,19,20)/t10-/m0/s1. The Morgan fingerprint density at radius 2 is 1.80 bits per heavy atom. The van der Waals surface area contributed by atoms with Crippen molar-refractivity contribution in [3.63, 3.8) is 0 Å². The summed E-state index contributed by atoms with van der Waals surface area (Å²) in [6, 6.07) is 7.56. The van der Waals surface area contributed by atoms with Crippen LogP contribution in [0.1, 0.15) is 18.4 Å². The highest BCUT2D eigenvalue weighted by Gasteiger charge is 2.27. The number of nitrogens with zero attached hydrogens (tertiary/aromatic N) is 1. The number of nitrogens with two attached hydrogens (primary N) is 2. The van der Waals surface area contributed by atoms with Gasteiger partial charge in [0, 0.05) is 6.42 Å². The van der Waals surface area contributed by atoms with Gasteiger partial charge >= 0.3 is 5.97 Å². The number of carbonyl (C=O) groups excluding carboxylic acids is 2. The van der Waals surface area contributed by atoms with Gasteiger partial charge in [-0.1, -0.05) is 30.3 Å². The van der Waals surface area contributed by atoms with E-state index in [-0.39, 0.29) is 19.3 Å². The molecule has 20 heavy (non-hydrogen) atoms. The van der Waals surface area contributed by atoms with Crippen molar-refractivity contribution in [2.24, 2.45) is 11.6 Å². The first kappa shape index (κ1) is 15.6. The first-order chi connectivity index (χ1) is 9.41. The van der Waals surface area contributed by atoms with Gasteiger partial charge in [-0.3, -0.25) is 14.6 Å². The van der Waals surface area contributed by atoms with Crippen molar-refractivity contribution < 1.29 is 19.5 Å². The molecule has 1 aromatic carbocycles. The maximum absolute atomic E-state index is 11.9. The van der Waals surface area contributed by atoms with Gasteiger partial charge in [-0.2, -0.15) is 0 Å². The van der Waals surface area contributed by atoms with Crippen LogP contribution in [0, 0.1) is 0 Å². The van der Waals surface area contributed by atoms with Crippen molar-refractivity contribution in [1.82, 2.24) is 5.01 Å². The van der Waals surface area contributed by atoms with E-state index < -0.39 is 23.8 Å². The highest BCUT2D eigenvalue weighted by atomic mass is 16.4. The van der Waals surface area contributed by atoms with Gasteiger partial charge in [-0.15, -0.1) is 0 Å². The van der Waals surface area contributed by atoms with Crippen LogP contribution in [-0.4, -0.2) is 33.9 Å². The molecule has 1 atom stereocenters.